The summed E-state index contributed by atoms with van der Waals surface area (Å²) >= 11 is 5.09. The second-order valence-electron chi connectivity index (χ2n) is 6.00. The van der Waals surface area contributed by atoms with Crippen LogP contribution in [0.2, 0.25) is 0 Å². The molecule has 0 aliphatic heterocycles. The van der Waals surface area contributed by atoms with Crippen molar-refractivity contribution in [3.8, 4) is 38.3 Å². The first-order valence-electron chi connectivity index (χ1n) is 8.36. The van der Waals surface area contributed by atoms with Gasteiger partial charge in [0.05, 0.1) is 21.8 Å². The van der Waals surface area contributed by atoms with Crippen LogP contribution in [0.1, 0.15) is 11.3 Å². The van der Waals surface area contributed by atoms with Crippen LogP contribution in [0.4, 0.5) is 0 Å². The number of benzene rings is 2. The third-order valence-electron chi connectivity index (χ3n) is 4.22. The van der Waals surface area contributed by atoms with Gasteiger partial charge in [0.15, 0.2) is 0 Å². The molecule has 0 fully saturated rings. The lowest BCUT2D eigenvalue weighted by Crippen LogP contribution is -1.93. The van der Waals surface area contributed by atoms with Crippen molar-refractivity contribution in [3.63, 3.8) is 0 Å². The van der Waals surface area contributed by atoms with E-state index in [1.54, 1.807) is 11.3 Å². The van der Waals surface area contributed by atoms with Crippen molar-refractivity contribution in [1.29, 1.82) is 5.26 Å². The molecule has 4 rings (SSSR count). The zero-order chi connectivity index (χ0) is 18.8. The summed E-state index contributed by atoms with van der Waals surface area (Å²) in [6.07, 6.45) is 0. The smallest absolute Gasteiger partial charge is 0.125 e. The van der Waals surface area contributed by atoms with E-state index in [1.165, 1.54) is 0 Å². The third kappa shape index (κ3) is 3.42. The number of rotatable bonds is 3. The summed E-state index contributed by atoms with van der Waals surface area (Å²) in [6.45, 7) is 1.99. The maximum absolute atomic E-state index is 9.60. The van der Waals surface area contributed by atoms with E-state index >= 15 is 0 Å². The number of nitrogens with zero attached hydrogens (tertiary/aromatic N) is 3. The van der Waals surface area contributed by atoms with Crippen LogP contribution in [-0.4, -0.2) is 9.97 Å². The van der Waals surface area contributed by atoms with Crippen LogP contribution in [-0.2, 0) is 0 Å². The fourth-order valence-corrected chi connectivity index (χ4v) is 4.45. The van der Waals surface area contributed by atoms with E-state index in [9.17, 15) is 5.26 Å². The number of pyridine rings is 1. The average molecular weight is 432 g/mol. The van der Waals surface area contributed by atoms with Gasteiger partial charge in [0.25, 0.3) is 0 Å². The van der Waals surface area contributed by atoms with Gasteiger partial charge in [0, 0.05) is 11.1 Å². The van der Waals surface area contributed by atoms with Crippen LogP contribution in [0, 0.1) is 18.3 Å². The Morgan fingerprint density at radius 2 is 1.56 bits per heavy atom. The van der Waals surface area contributed by atoms with Gasteiger partial charge in [-0.3, -0.25) is 0 Å². The Morgan fingerprint density at radius 1 is 0.926 bits per heavy atom. The van der Waals surface area contributed by atoms with Crippen molar-refractivity contribution in [2.75, 3.05) is 0 Å². The highest BCUT2D eigenvalue weighted by Crippen LogP contribution is 2.38. The molecular weight excluding hydrogens is 418 g/mol. The Labute approximate surface area is 170 Å². The fraction of sp³-hybridized carbons (Fsp3) is 0.0455. The van der Waals surface area contributed by atoms with Gasteiger partial charge in [0.2, 0.25) is 0 Å². The molecular formula is C22H14BrN3S. The van der Waals surface area contributed by atoms with E-state index in [4.69, 9.17) is 4.98 Å². The first kappa shape index (κ1) is 17.6. The number of halogens is 1. The molecule has 27 heavy (non-hydrogen) atoms. The zero-order valence-corrected chi connectivity index (χ0v) is 16.9. The maximum atomic E-state index is 9.60. The van der Waals surface area contributed by atoms with Gasteiger partial charge in [-0.15, -0.1) is 11.3 Å². The van der Waals surface area contributed by atoms with Crippen LogP contribution >= 0.6 is 27.3 Å². The monoisotopic (exact) mass is 431 g/mol. The standard InChI is InChI=1S/C22H14BrN3S/c1-14-20(27-22(25-14)16-10-6-3-7-11-16)19-12-17(15-8-4-2-5-9-15)18(13-24)21(23)26-19/h2-12H,1H3. The number of aromatic nitrogens is 2. The highest BCUT2D eigenvalue weighted by Gasteiger charge is 2.17. The molecule has 3 nitrogen and oxygen atoms in total. The van der Waals surface area contributed by atoms with Crippen molar-refractivity contribution in [1.82, 2.24) is 9.97 Å². The van der Waals surface area contributed by atoms with Crippen LogP contribution in [0.25, 0.3) is 32.3 Å². The number of hydrogen-bond acceptors (Lipinski definition) is 4. The van der Waals surface area contributed by atoms with Gasteiger partial charge in [-0.25, -0.2) is 9.97 Å². The molecule has 2 aromatic carbocycles. The van der Waals surface area contributed by atoms with Gasteiger partial charge < -0.3 is 0 Å². The van der Waals surface area contributed by atoms with Crippen molar-refractivity contribution in [3.05, 3.63) is 82.6 Å². The number of aryl methyl sites for hydroxylation is 1. The van der Waals surface area contributed by atoms with Crippen molar-refractivity contribution in [2.24, 2.45) is 0 Å². The lowest BCUT2D eigenvalue weighted by molar-refractivity contribution is 1.22. The van der Waals surface area contributed by atoms with Crippen molar-refractivity contribution in [2.45, 2.75) is 6.92 Å². The Kier molecular flexibility index (Phi) is 4.85. The molecule has 0 unspecified atom stereocenters. The largest absolute Gasteiger partial charge is 0.241 e. The molecule has 0 spiro atoms. The summed E-state index contributed by atoms with van der Waals surface area (Å²) in [5.41, 5.74) is 5.23. The molecule has 4 aromatic rings. The van der Waals surface area contributed by atoms with Crippen molar-refractivity contribution < 1.29 is 0 Å². The fourth-order valence-electron chi connectivity index (χ4n) is 2.92. The van der Waals surface area contributed by atoms with Crippen LogP contribution in [0.5, 0.6) is 0 Å². The van der Waals surface area contributed by atoms with Crippen LogP contribution < -0.4 is 0 Å². The molecule has 130 valence electrons. The quantitative estimate of drug-likeness (QED) is 0.348. The Hall–Kier alpha value is -2.81. The van der Waals surface area contributed by atoms with Crippen LogP contribution in [0.3, 0.4) is 0 Å². The molecule has 0 amide bonds. The molecule has 0 aliphatic rings. The first-order chi connectivity index (χ1) is 13.2. The molecule has 2 heterocycles. The van der Waals surface area contributed by atoms with E-state index in [0.29, 0.717) is 10.2 Å². The minimum absolute atomic E-state index is 0.537. The van der Waals surface area contributed by atoms with Gasteiger partial charge in [-0.2, -0.15) is 5.26 Å². The topological polar surface area (TPSA) is 49.6 Å². The van der Waals surface area contributed by atoms with Crippen LogP contribution in [0.15, 0.2) is 71.3 Å². The lowest BCUT2D eigenvalue weighted by Gasteiger charge is -2.09. The van der Waals surface area contributed by atoms with Gasteiger partial charge in [-0.05, 0) is 34.5 Å². The number of hydrogen-bond donors (Lipinski definition) is 0. The Balaban J connectivity index is 1.88. The van der Waals surface area contributed by atoms with E-state index in [-0.39, 0.29) is 0 Å². The Morgan fingerprint density at radius 3 is 2.19 bits per heavy atom. The molecule has 0 radical (unpaired) electrons. The molecule has 0 N–H and O–H groups in total. The maximum Gasteiger partial charge on any atom is 0.125 e. The van der Waals surface area contributed by atoms with Gasteiger partial charge in [-0.1, -0.05) is 60.7 Å². The molecule has 5 heteroatoms. The summed E-state index contributed by atoms with van der Waals surface area (Å²) in [5, 5.41) is 10.6. The molecule has 0 bridgehead atoms. The summed E-state index contributed by atoms with van der Waals surface area (Å²) < 4.78 is 0.551. The summed E-state index contributed by atoms with van der Waals surface area (Å²) in [5.74, 6) is 0. The predicted octanol–water partition coefficient (Wildman–Crippen LogP) is 6.48. The lowest BCUT2D eigenvalue weighted by atomic mass is 10.0. The minimum atomic E-state index is 0.537. The second-order valence-corrected chi connectivity index (χ2v) is 7.75. The summed E-state index contributed by atoms with van der Waals surface area (Å²) in [4.78, 5) is 10.4. The second kappa shape index (κ2) is 7.43. The van der Waals surface area contributed by atoms with Crippen molar-refractivity contribution >= 4 is 27.3 Å². The van der Waals surface area contributed by atoms with E-state index < -0.39 is 0 Å². The van der Waals surface area contributed by atoms with E-state index in [1.807, 2.05) is 61.5 Å². The number of thiazole rings is 1. The molecule has 0 saturated carbocycles. The Bertz CT molecular complexity index is 1150. The third-order valence-corrected chi connectivity index (χ3v) is 6.02. The van der Waals surface area contributed by atoms with E-state index in [0.717, 1.165) is 38.0 Å². The highest BCUT2D eigenvalue weighted by atomic mass is 79.9. The van der Waals surface area contributed by atoms with Gasteiger partial charge in [0.1, 0.15) is 15.7 Å². The summed E-state index contributed by atoms with van der Waals surface area (Å²) in [6, 6.07) is 24.3. The summed E-state index contributed by atoms with van der Waals surface area (Å²) in [7, 11) is 0. The number of nitriles is 1. The first-order valence-corrected chi connectivity index (χ1v) is 9.97. The van der Waals surface area contributed by atoms with E-state index in [2.05, 4.69) is 39.1 Å². The molecule has 2 aromatic heterocycles. The minimum Gasteiger partial charge on any atom is -0.241 e. The normalized spacial score (nSPS) is 10.6. The molecule has 0 aliphatic carbocycles. The highest BCUT2D eigenvalue weighted by molar-refractivity contribution is 9.10. The molecule has 0 atom stereocenters. The molecule has 0 saturated heterocycles. The zero-order valence-electron chi connectivity index (χ0n) is 14.5. The average Bonchev–Trinajstić information content (AvgIpc) is 3.10. The predicted molar refractivity (Wildman–Crippen MR) is 113 cm³/mol. The van der Waals surface area contributed by atoms with Gasteiger partial charge >= 0.3 is 0 Å². The SMILES string of the molecule is Cc1nc(-c2ccccc2)sc1-c1cc(-c2ccccc2)c(C#N)c(Br)n1.